The molecule has 1 N–H and O–H groups in total. The summed E-state index contributed by atoms with van der Waals surface area (Å²) in [7, 11) is 0. The van der Waals surface area contributed by atoms with Gasteiger partial charge in [-0.25, -0.2) is 0 Å². The maximum absolute atomic E-state index is 12.2. The summed E-state index contributed by atoms with van der Waals surface area (Å²) in [5.74, 6) is 0.881. The average Bonchev–Trinajstić information content (AvgIpc) is 2.79. The van der Waals surface area contributed by atoms with Gasteiger partial charge in [0.25, 0.3) is 0 Å². The van der Waals surface area contributed by atoms with Crippen molar-refractivity contribution in [3.05, 3.63) is 35.4 Å². The second-order valence-electron chi connectivity index (χ2n) is 6.12. The van der Waals surface area contributed by atoms with E-state index in [-0.39, 0.29) is 6.04 Å². The molecule has 0 saturated carbocycles. The molecule has 0 spiro atoms. The number of likely N-dealkylation sites (N-methyl/N-ethyl adjacent to an activating group) is 1. The topological polar surface area (TPSA) is 32.3 Å². The minimum absolute atomic E-state index is 0.237. The van der Waals surface area contributed by atoms with E-state index in [4.69, 9.17) is 0 Å². The number of benzene rings is 1. The molecule has 116 valence electrons. The zero-order chi connectivity index (χ0) is 15.2. The lowest BCUT2D eigenvalue weighted by atomic mass is 10.0. The molecule has 1 aliphatic rings. The first-order chi connectivity index (χ1) is 10.2. The van der Waals surface area contributed by atoms with Crippen LogP contribution >= 0.6 is 0 Å². The molecule has 21 heavy (non-hydrogen) atoms. The van der Waals surface area contributed by atoms with Crippen LogP contribution in [0.2, 0.25) is 0 Å². The molecule has 0 aromatic heterocycles. The molecular weight excluding hydrogens is 260 g/mol. The van der Waals surface area contributed by atoms with Gasteiger partial charge >= 0.3 is 0 Å². The van der Waals surface area contributed by atoms with Gasteiger partial charge in [0.2, 0.25) is 5.91 Å². The van der Waals surface area contributed by atoms with Gasteiger partial charge in [-0.15, -0.1) is 0 Å². The molecule has 1 aliphatic heterocycles. The van der Waals surface area contributed by atoms with Gasteiger partial charge in [0, 0.05) is 19.5 Å². The monoisotopic (exact) mass is 288 g/mol. The maximum atomic E-state index is 12.2. The van der Waals surface area contributed by atoms with Crippen LogP contribution in [-0.2, 0) is 4.79 Å². The number of nitrogens with one attached hydrogen (secondary N) is 1. The Morgan fingerprint density at radius 2 is 2.10 bits per heavy atom. The summed E-state index contributed by atoms with van der Waals surface area (Å²) in [5, 5.41) is 3.54. The molecule has 3 heteroatoms. The summed E-state index contributed by atoms with van der Waals surface area (Å²) >= 11 is 0. The van der Waals surface area contributed by atoms with E-state index in [2.05, 4.69) is 55.3 Å². The van der Waals surface area contributed by atoms with Gasteiger partial charge < -0.3 is 10.2 Å². The Balaban J connectivity index is 2.07. The van der Waals surface area contributed by atoms with Gasteiger partial charge in [0.15, 0.2) is 0 Å². The normalized spacial score (nSPS) is 20.0. The molecule has 1 saturated heterocycles. The molecule has 2 atom stereocenters. The number of carbonyl (C=O) groups excluding carboxylic acids is 1. The van der Waals surface area contributed by atoms with Crippen molar-refractivity contribution >= 4 is 5.91 Å². The first kappa shape index (κ1) is 16.0. The number of nitrogens with zero attached hydrogens (tertiary/aromatic N) is 1. The highest BCUT2D eigenvalue weighted by Gasteiger charge is 2.30. The Morgan fingerprint density at radius 1 is 1.33 bits per heavy atom. The molecule has 3 nitrogen and oxygen atoms in total. The predicted octanol–water partition coefficient (Wildman–Crippen LogP) is 3.29. The van der Waals surface area contributed by atoms with E-state index >= 15 is 0 Å². The third kappa shape index (κ3) is 4.07. The summed E-state index contributed by atoms with van der Waals surface area (Å²) < 4.78 is 0. The van der Waals surface area contributed by atoms with E-state index in [0.29, 0.717) is 11.8 Å². The fraction of sp³-hybridized carbons (Fsp3) is 0.611. The van der Waals surface area contributed by atoms with E-state index in [1.807, 2.05) is 0 Å². The third-order valence-electron chi connectivity index (χ3n) is 4.41. The quantitative estimate of drug-likeness (QED) is 0.835. The molecule has 1 amide bonds. The van der Waals surface area contributed by atoms with E-state index in [0.717, 1.165) is 26.1 Å². The van der Waals surface area contributed by atoms with Crippen LogP contribution in [0.1, 0.15) is 50.3 Å². The fourth-order valence-electron chi connectivity index (χ4n) is 3.35. The van der Waals surface area contributed by atoms with Gasteiger partial charge in [-0.3, -0.25) is 4.79 Å². The van der Waals surface area contributed by atoms with E-state index < -0.39 is 0 Å². The van der Waals surface area contributed by atoms with E-state index in [1.165, 1.54) is 24.0 Å². The van der Waals surface area contributed by atoms with Crippen molar-refractivity contribution < 1.29 is 4.79 Å². The largest absolute Gasteiger partial charge is 0.340 e. The molecule has 1 heterocycles. The maximum Gasteiger partial charge on any atom is 0.222 e. The van der Waals surface area contributed by atoms with E-state index in [9.17, 15) is 4.79 Å². The van der Waals surface area contributed by atoms with Gasteiger partial charge in [-0.1, -0.05) is 44.5 Å². The van der Waals surface area contributed by atoms with Gasteiger partial charge in [-0.05, 0) is 36.9 Å². The smallest absolute Gasteiger partial charge is 0.222 e. The van der Waals surface area contributed by atoms with Crippen LogP contribution in [-0.4, -0.2) is 30.4 Å². The Bertz CT molecular complexity index is 472. The fourth-order valence-corrected chi connectivity index (χ4v) is 3.35. The lowest BCUT2D eigenvalue weighted by Gasteiger charge is -2.26. The number of hydrogen-bond donors (Lipinski definition) is 1. The van der Waals surface area contributed by atoms with Crippen LogP contribution in [0.4, 0.5) is 0 Å². The number of amides is 1. The van der Waals surface area contributed by atoms with Crippen molar-refractivity contribution in [1.82, 2.24) is 10.2 Å². The van der Waals surface area contributed by atoms with Gasteiger partial charge in [0.05, 0.1) is 6.04 Å². The Hall–Kier alpha value is -1.35. The van der Waals surface area contributed by atoms with Crippen molar-refractivity contribution in [2.75, 3.05) is 19.6 Å². The SMILES string of the molecule is CCCC1CC(=O)N(CC(NCC)c2ccccc2C)C1. The van der Waals surface area contributed by atoms with Crippen LogP contribution in [0.25, 0.3) is 0 Å². The summed E-state index contributed by atoms with van der Waals surface area (Å²) in [5.41, 5.74) is 2.60. The number of aryl methyl sites for hydroxylation is 1. The minimum atomic E-state index is 0.237. The molecule has 1 fully saturated rings. The molecule has 2 unspecified atom stereocenters. The van der Waals surface area contributed by atoms with Crippen LogP contribution in [0.5, 0.6) is 0 Å². The second-order valence-corrected chi connectivity index (χ2v) is 6.12. The highest BCUT2D eigenvalue weighted by molar-refractivity contribution is 5.78. The number of likely N-dealkylation sites (tertiary alicyclic amines) is 1. The van der Waals surface area contributed by atoms with Crippen molar-refractivity contribution in [1.29, 1.82) is 0 Å². The van der Waals surface area contributed by atoms with Gasteiger partial charge in [0.1, 0.15) is 0 Å². The van der Waals surface area contributed by atoms with Crippen LogP contribution in [0.15, 0.2) is 24.3 Å². The number of carbonyl (C=O) groups is 1. The lowest BCUT2D eigenvalue weighted by Crippen LogP contribution is -2.36. The number of hydrogen-bond acceptors (Lipinski definition) is 2. The Morgan fingerprint density at radius 3 is 2.76 bits per heavy atom. The Kier molecular flexibility index (Phi) is 5.80. The van der Waals surface area contributed by atoms with Crippen LogP contribution in [0.3, 0.4) is 0 Å². The highest BCUT2D eigenvalue weighted by atomic mass is 16.2. The molecule has 1 aromatic rings. The molecule has 0 bridgehead atoms. The first-order valence-corrected chi connectivity index (χ1v) is 8.22. The first-order valence-electron chi connectivity index (χ1n) is 8.22. The molecule has 1 aromatic carbocycles. The molecule has 0 aliphatic carbocycles. The predicted molar refractivity (Wildman–Crippen MR) is 87.2 cm³/mol. The molecule has 0 radical (unpaired) electrons. The molecule has 2 rings (SSSR count). The summed E-state index contributed by atoms with van der Waals surface area (Å²) in [6, 6.07) is 8.71. The van der Waals surface area contributed by atoms with Crippen LogP contribution in [0, 0.1) is 12.8 Å². The molecular formula is C18H28N2O. The summed E-state index contributed by atoms with van der Waals surface area (Å²) in [6.07, 6.45) is 3.07. The highest BCUT2D eigenvalue weighted by Crippen LogP contribution is 2.25. The zero-order valence-electron chi connectivity index (χ0n) is 13.6. The standard InChI is InChI=1S/C18H28N2O/c1-4-8-15-11-18(21)20(12-15)13-17(19-5-2)16-10-7-6-9-14(16)3/h6-7,9-10,15,17,19H,4-5,8,11-13H2,1-3H3. The third-order valence-corrected chi connectivity index (χ3v) is 4.41. The lowest BCUT2D eigenvalue weighted by molar-refractivity contribution is -0.128. The Labute approximate surface area is 128 Å². The van der Waals surface area contributed by atoms with Crippen LogP contribution < -0.4 is 5.32 Å². The van der Waals surface area contributed by atoms with Crippen molar-refractivity contribution in [3.8, 4) is 0 Å². The second kappa shape index (κ2) is 7.60. The van der Waals surface area contributed by atoms with Gasteiger partial charge in [-0.2, -0.15) is 0 Å². The van der Waals surface area contributed by atoms with Crippen molar-refractivity contribution in [2.45, 2.75) is 46.1 Å². The van der Waals surface area contributed by atoms with Crippen molar-refractivity contribution in [2.24, 2.45) is 5.92 Å². The summed E-state index contributed by atoms with van der Waals surface area (Å²) in [6.45, 7) is 9.10. The van der Waals surface area contributed by atoms with Crippen molar-refractivity contribution in [3.63, 3.8) is 0 Å². The van der Waals surface area contributed by atoms with E-state index in [1.54, 1.807) is 0 Å². The average molecular weight is 288 g/mol. The summed E-state index contributed by atoms with van der Waals surface area (Å²) in [4.78, 5) is 14.3. The number of rotatable bonds is 7. The minimum Gasteiger partial charge on any atom is -0.340 e. The zero-order valence-corrected chi connectivity index (χ0v) is 13.6.